The van der Waals surface area contributed by atoms with Crippen LogP contribution in [0.3, 0.4) is 0 Å². The minimum Gasteiger partial charge on any atom is -0.438 e. The Morgan fingerprint density at radius 2 is 1.68 bits per heavy atom. The van der Waals surface area contributed by atoms with E-state index in [1.54, 1.807) is 29.3 Å². The Hall–Kier alpha value is -3.23. The molecule has 0 bridgehead atoms. The Morgan fingerprint density at radius 1 is 1.02 bits per heavy atom. The van der Waals surface area contributed by atoms with Gasteiger partial charge in [-0.05, 0) is 78.4 Å². The van der Waals surface area contributed by atoms with Crippen LogP contribution in [0.5, 0.6) is 0 Å². The van der Waals surface area contributed by atoms with Crippen LogP contribution in [0, 0.1) is 5.82 Å². The maximum absolute atomic E-state index is 13.8. The van der Waals surface area contributed by atoms with Crippen LogP contribution in [-0.2, 0) is 14.8 Å². The molecule has 214 valence electrons. The minimum atomic E-state index is -1.89. The lowest BCUT2D eigenvalue weighted by molar-refractivity contribution is -0.0678. The average Bonchev–Trinajstić information content (AvgIpc) is 2.91. The van der Waals surface area contributed by atoms with Gasteiger partial charge in [-0.25, -0.2) is 9.18 Å². The van der Waals surface area contributed by atoms with Crippen molar-refractivity contribution in [2.24, 2.45) is 0 Å². The molecule has 1 aromatic heterocycles. The van der Waals surface area contributed by atoms with Gasteiger partial charge in [-0.1, -0.05) is 57.2 Å². The fourth-order valence-corrected chi connectivity index (χ4v) is 6.01. The summed E-state index contributed by atoms with van der Waals surface area (Å²) in [5.74, 6) is -0.317. The van der Waals surface area contributed by atoms with Gasteiger partial charge in [0.1, 0.15) is 11.4 Å². The van der Waals surface area contributed by atoms with Gasteiger partial charge in [0, 0.05) is 31.8 Å². The molecule has 3 aromatic rings. The summed E-state index contributed by atoms with van der Waals surface area (Å²) >= 11 is 0. The highest BCUT2D eigenvalue weighted by Crippen LogP contribution is 2.41. The van der Waals surface area contributed by atoms with Crippen molar-refractivity contribution in [2.75, 3.05) is 13.2 Å². The number of nitrogens with zero attached hydrogens (tertiary/aromatic N) is 1. The molecular formula is C32H41FN2O4Si. The zero-order valence-electron chi connectivity index (χ0n) is 24.4. The van der Waals surface area contributed by atoms with Gasteiger partial charge in [0.25, 0.3) is 0 Å². The van der Waals surface area contributed by atoms with Crippen molar-refractivity contribution in [3.8, 4) is 11.1 Å². The summed E-state index contributed by atoms with van der Waals surface area (Å²) < 4.78 is 26.4. The van der Waals surface area contributed by atoms with E-state index in [1.165, 1.54) is 18.2 Å². The third-order valence-electron chi connectivity index (χ3n) is 8.62. The Labute approximate surface area is 237 Å². The topological polar surface area (TPSA) is 71.6 Å². The molecule has 8 heteroatoms. The SMILES string of the molecule is C[C@@H](c1ccc(-c2ccc(=O)[nH]c2)cc1)N1CCC(CCCO[Si](C)(C)C(C)(C)C)(c2ccc(F)cc2)OC1=O. The molecule has 1 amide bonds. The van der Waals surface area contributed by atoms with E-state index >= 15 is 0 Å². The first-order valence-electron chi connectivity index (χ1n) is 14.0. The maximum atomic E-state index is 13.8. The molecule has 1 aliphatic rings. The van der Waals surface area contributed by atoms with Gasteiger partial charge in [0.15, 0.2) is 8.32 Å². The number of hydrogen-bond donors (Lipinski definition) is 1. The molecule has 1 saturated heterocycles. The van der Waals surface area contributed by atoms with Gasteiger partial charge in [0.05, 0.1) is 6.04 Å². The molecule has 0 radical (unpaired) electrons. The standard InChI is InChI=1S/C32H41FN2O4Si/c1-23(24-8-10-25(11-9-24)26-12-17-29(36)34-22-26)35-20-19-32(39-30(35)37,27-13-15-28(33)16-14-27)18-7-21-38-40(5,6)31(2,3)4/h8-17,22-23H,7,18-21H2,1-6H3,(H,34,36)/t23-,32?/m0/s1. The molecule has 2 aromatic carbocycles. The lowest BCUT2D eigenvalue weighted by atomic mass is 9.84. The summed E-state index contributed by atoms with van der Waals surface area (Å²) in [5.41, 5.74) is 2.72. The van der Waals surface area contributed by atoms with E-state index in [4.69, 9.17) is 9.16 Å². The number of ether oxygens (including phenoxy) is 1. The second-order valence-corrected chi connectivity index (χ2v) is 17.1. The largest absolute Gasteiger partial charge is 0.438 e. The number of nitrogens with one attached hydrogen (secondary N) is 1. The third-order valence-corrected chi connectivity index (χ3v) is 13.2. The fraction of sp³-hybridized carbons (Fsp3) is 0.438. The van der Waals surface area contributed by atoms with Gasteiger partial charge < -0.3 is 19.0 Å². The van der Waals surface area contributed by atoms with E-state index in [1.807, 2.05) is 31.2 Å². The molecular weight excluding hydrogens is 523 g/mol. The zero-order valence-corrected chi connectivity index (χ0v) is 25.4. The fourth-order valence-electron chi connectivity index (χ4n) is 4.92. The van der Waals surface area contributed by atoms with Crippen LogP contribution in [0.4, 0.5) is 9.18 Å². The number of carbonyl (C=O) groups excluding carboxylic acids is 1. The number of halogens is 1. The Balaban J connectivity index is 1.47. The highest BCUT2D eigenvalue weighted by atomic mass is 28.4. The van der Waals surface area contributed by atoms with Crippen LogP contribution in [0.15, 0.2) is 71.7 Å². The molecule has 1 aliphatic heterocycles. The van der Waals surface area contributed by atoms with E-state index in [0.717, 1.165) is 28.7 Å². The molecule has 6 nitrogen and oxygen atoms in total. The second-order valence-electron chi connectivity index (χ2n) is 12.3. The normalized spacial score (nSPS) is 18.9. The van der Waals surface area contributed by atoms with Crippen LogP contribution < -0.4 is 5.56 Å². The van der Waals surface area contributed by atoms with E-state index in [2.05, 4.69) is 38.8 Å². The number of aromatic nitrogens is 1. The molecule has 1 fully saturated rings. The molecule has 1 N–H and O–H groups in total. The van der Waals surface area contributed by atoms with Crippen LogP contribution in [0.2, 0.25) is 18.1 Å². The van der Waals surface area contributed by atoms with Crippen molar-refractivity contribution in [3.63, 3.8) is 0 Å². The highest BCUT2D eigenvalue weighted by Gasteiger charge is 2.44. The van der Waals surface area contributed by atoms with Crippen molar-refractivity contribution in [2.45, 2.75) is 76.7 Å². The van der Waals surface area contributed by atoms with Gasteiger partial charge in [-0.2, -0.15) is 0 Å². The summed E-state index contributed by atoms with van der Waals surface area (Å²) in [7, 11) is -1.89. The summed E-state index contributed by atoms with van der Waals surface area (Å²) in [5, 5.41) is 0.119. The van der Waals surface area contributed by atoms with Gasteiger partial charge in [0.2, 0.25) is 5.56 Å². The average molecular weight is 565 g/mol. The van der Waals surface area contributed by atoms with Crippen molar-refractivity contribution >= 4 is 14.4 Å². The summed E-state index contributed by atoms with van der Waals surface area (Å²) in [6.07, 6.45) is 3.26. The maximum Gasteiger partial charge on any atom is 0.411 e. The first kappa shape index (κ1) is 29.7. The van der Waals surface area contributed by atoms with Crippen molar-refractivity contribution in [1.29, 1.82) is 0 Å². The number of pyridine rings is 1. The Kier molecular flexibility index (Phi) is 8.71. The lowest BCUT2D eigenvalue weighted by Crippen LogP contribution is -2.49. The quantitative estimate of drug-likeness (QED) is 0.213. The number of amides is 1. The van der Waals surface area contributed by atoms with Crippen LogP contribution in [0.25, 0.3) is 11.1 Å². The van der Waals surface area contributed by atoms with E-state index in [0.29, 0.717) is 26.0 Å². The highest BCUT2D eigenvalue weighted by molar-refractivity contribution is 6.74. The molecule has 0 saturated carbocycles. The van der Waals surface area contributed by atoms with Crippen molar-refractivity contribution < 1.29 is 18.3 Å². The molecule has 1 unspecified atom stereocenters. The minimum absolute atomic E-state index is 0.119. The second kappa shape index (κ2) is 11.7. The molecule has 0 spiro atoms. The van der Waals surface area contributed by atoms with Crippen LogP contribution >= 0.6 is 0 Å². The zero-order chi connectivity index (χ0) is 29.1. The molecule has 2 heterocycles. The lowest BCUT2D eigenvalue weighted by Gasteiger charge is -2.44. The number of H-pyrrole nitrogens is 1. The molecule has 0 aliphatic carbocycles. The number of carbonyl (C=O) groups is 1. The number of hydrogen-bond acceptors (Lipinski definition) is 4. The number of rotatable bonds is 9. The Morgan fingerprint density at radius 3 is 2.25 bits per heavy atom. The predicted molar refractivity (Wildman–Crippen MR) is 159 cm³/mol. The first-order chi connectivity index (χ1) is 18.8. The van der Waals surface area contributed by atoms with E-state index in [9.17, 15) is 14.0 Å². The first-order valence-corrected chi connectivity index (χ1v) is 16.9. The number of cyclic esters (lactones) is 1. The number of benzene rings is 2. The van der Waals surface area contributed by atoms with Gasteiger partial charge in [-0.15, -0.1) is 0 Å². The van der Waals surface area contributed by atoms with Gasteiger partial charge in [-0.3, -0.25) is 4.79 Å². The summed E-state index contributed by atoms with van der Waals surface area (Å²) in [6.45, 7) is 14.2. The summed E-state index contributed by atoms with van der Waals surface area (Å²) in [6, 6.07) is 17.4. The third kappa shape index (κ3) is 6.55. The number of aromatic amines is 1. The van der Waals surface area contributed by atoms with Crippen molar-refractivity contribution in [1.82, 2.24) is 9.88 Å². The van der Waals surface area contributed by atoms with E-state index in [-0.39, 0.29) is 28.5 Å². The monoisotopic (exact) mass is 564 g/mol. The van der Waals surface area contributed by atoms with Gasteiger partial charge >= 0.3 is 6.09 Å². The summed E-state index contributed by atoms with van der Waals surface area (Å²) in [4.78, 5) is 29.3. The molecule has 4 rings (SSSR count). The van der Waals surface area contributed by atoms with Crippen LogP contribution in [0.1, 0.15) is 64.1 Å². The predicted octanol–water partition coefficient (Wildman–Crippen LogP) is 7.78. The van der Waals surface area contributed by atoms with E-state index < -0.39 is 13.9 Å². The smallest absolute Gasteiger partial charge is 0.411 e. The Bertz CT molecular complexity index is 1340. The van der Waals surface area contributed by atoms with Crippen molar-refractivity contribution in [3.05, 3.63) is 94.2 Å². The molecule has 40 heavy (non-hydrogen) atoms. The van der Waals surface area contributed by atoms with Crippen LogP contribution in [-0.4, -0.2) is 37.4 Å². The molecule has 2 atom stereocenters.